The Hall–Kier alpha value is -2.04. The molecule has 3 rings (SSSR count). The first-order chi connectivity index (χ1) is 7.24. The third-order valence-electron chi connectivity index (χ3n) is 2.46. The van der Waals surface area contributed by atoms with Gasteiger partial charge in [-0.3, -0.25) is 4.79 Å². The number of carbonyl (C=O) groups is 1. The number of amides is 1. The van der Waals surface area contributed by atoms with Crippen LogP contribution in [0.5, 0.6) is 11.5 Å². The van der Waals surface area contributed by atoms with Gasteiger partial charge in [0.1, 0.15) is 5.84 Å². The molecule has 1 aromatic rings. The summed E-state index contributed by atoms with van der Waals surface area (Å²) in [5, 5.41) is 0. The zero-order valence-electron chi connectivity index (χ0n) is 7.82. The summed E-state index contributed by atoms with van der Waals surface area (Å²) in [6.45, 7) is 0.212. The van der Waals surface area contributed by atoms with E-state index in [0.717, 1.165) is 11.1 Å². The minimum absolute atomic E-state index is 0.212. The van der Waals surface area contributed by atoms with Gasteiger partial charge in [-0.25, -0.2) is 0 Å². The van der Waals surface area contributed by atoms with E-state index >= 15 is 0 Å². The molecule has 2 aliphatic heterocycles. The van der Waals surface area contributed by atoms with E-state index in [-0.39, 0.29) is 25.0 Å². The summed E-state index contributed by atoms with van der Waals surface area (Å²) in [5.74, 6) is 1.34. The van der Waals surface area contributed by atoms with E-state index in [9.17, 15) is 4.79 Å². The number of nitrogens with zero attached hydrogens (tertiary/aromatic N) is 1. The van der Waals surface area contributed by atoms with E-state index in [2.05, 4.69) is 4.99 Å². The van der Waals surface area contributed by atoms with Crippen molar-refractivity contribution in [2.45, 2.75) is 6.42 Å². The van der Waals surface area contributed by atoms with Crippen molar-refractivity contribution >= 4 is 11.7 Å². The van der Waals surface area contributed by atoms with E-state index in [1.807, 2.05) is 0 Å². The minimum Gasteiger partial charge on any atom is -0.454 e. The number of amidine groups is 1. The average Bonchev–Trinajstić information content (AvgIpc) is 2.61. The molecular weight excluding hydrogens is 196 g/mol. The Bertz CT molecular complexity index is 494. The molecule has 5 heteroatoms. The Labute approximate surface area is 85.5 Å². The maximum Gasteiger partial charge on any atom is 0.252 e. The van der Waals surface area contributed by atoms with Crippen LogP contribution < -0.4 is 15.2 Å². The molecule has 0 spiro atoms. The quantitative estimate of drug-likeness (QED) is 0.655. The summed E-state index contributed by atoms with van der Waals surface area (Å²) >= 11 is 0. The molecule has 0 saturated heterocycles. The first kappa shape index (κ1) is 8.28. The van der Waals surface area contributed by atoms with Crippen LogP contribution in [0.1, 0.15) is 11.1 Å². The molecule has 1 amide bonds. The first-order valence-corrected chi connectivity index (χ1v) is 4.54. The molecule has 0 radical (unpaired) electrons. The van der Waals surface area contributed by atoms with Gasteiger partial charge >= 0.3 is 0 Å². The number of rotatable bonds is 0. The number of fused-ring (bicyclic) bond motifs is 2. The minimum atomic E-state index is -0.223. The smallest absolute Gasteiger partial charge is 0.252 e. The molecule has 2 N–H and O–H groups in total. The number of carbonyl (C=O) groups excluding carboxylic acids is 1. The third kappa shape index (κ3) is 1.16. The highest BCUT2D eigenvalue weighted by Crippen LogP contribution is 2.35. The summed E-state index contributed by atoms with van der Waals surface area (Å²) in [4.78, 5) is 14.9. The Morgan fingerprint density at radius 1 is 1.27 bits per heavy atom. The lowest BCUT2D eigenvalue weighted by molar-refractivity contribution is -0.117. The van der Waals surface area contributed by atoms with Gasteiger partial charge in [0.25, 0.3) is 5.91 Å². The standard InChI is InChI=1S/C10H8N2O3/c11-10-6-3-8-7(14-4-15-8)1-5(6)2-9(13)12-10/h1,3H,2,4H2,(H2,11,12,13). The predicted octanol–water partition coefficient (Wildman–Crippen LogP) is 0.203. The second-order valence-electron chi connectivity index (χ2n) is 3.43. The molecule has 15 heavy (non-hydrogen) atoms. The van der Waals surface area contributed by atoms with Crippen LogP contribution in [0.25, 0.3) is 0 Å². The highest BCUT2D eigenvalue weighted by Gasteiger charge is 2.23. The highest BCUT2D eigenvalue weighted by molar-refractivity contribution is 6.09. The van der Waals surface area contributed by atoms with Gasteiger partial charge in [0.05, 0.1) is 6.42 Å². The SMILES string of the molecule is NC1=NC(=O)Cc2cc3c(cc21)OCO3. The van der Waals surface area contributed by atoms with Crippen LogP contribution >= 0.6 is 0 Å². The van der Waals surface area contributed by atoms with Gasteiger partial charge < -0.3 is 15.2 Å². The van der Waals surface area contributed by atoms with Gasteiger partial charge in [-0.1, -0.05) is 0 Å². The van der Waals surface area contributed by atoms with Crippen molar-refractivity contribution in [1.29, 1.82) is 0 Å². The van der Waals surface area contributed by atoms with Gasteiger partial charge in [0.2, 0.25) is 6.79 Å². The maximum absolute atomic E-state index is 11.2. The van der Waals surface area contributed by atoms with Crippen LogP contribution in [0.4, 0.5) is 0 Å². The van der Waals surface area contributed by atoms with Gasteiger partial charge in [0.15, 0.2) is 11.5 Å². The normalized spacial score (nSPS) is 17.3. The topological polar surface area (TPSA) is 73.9 Å². The molecule has 76 valence electrons. The zero-order chi connectivity index (χ0) is 10.4. The lowest BCUT2D eigenvalue weighted by Crippen LogP contribution is -2.23. The Kier molecular flexibility index (Phi) is 1.50. The third-order valence-corrected chi connectivity index (χ3v) is 2.46. The van der Waals surface area contributed by atoms with E-state index in [1.54, 1.807) is 12.1 Å². The van der Waals surface area contributed by atoms with Gasteiger partial charge in [-0.2, -0.15) is 4.99 Å². The predicted molar refractivity (Wildman–Crippen MR) is 52.0 cm³/mol. The highest BCUT2D eigenvalue weighted by atomic mass is 16.7. The number of benzene rings is 1. The summed E-state index contributed by atoms with van der Waals surface area (Å²) in [6.07, 6.45) is 0.271. The van der Waals surface area contributed by atoms with Crippen LogP contribution in [0.15, 0.2) is 17.1 Å². The van der Waals surface area contributed by atoms with E-state index in [0.29, 0.717) is 11.5 Å². The van der Waals surface area contributed by atoms with E-state index in [4.69, 9.17) is 15.2 Å². The van der Waals surface area contributed by atoms with E-state index in [1.165, 1.54) is 0 Å². The van der Waals surface area contributed by atoms with Crippen molar-refractivity contribution < 1.29 is 14.3 Å². The second-order valence-corrected chi connectivity index (χ2v) is 3.43. The monoisotopic (exact) mass is 204 g/mol. The fourth-order valence-electron chi connectivity index (χ4n) is 1.77. The van der Waals surface area contributed by atoms with Gasteiger partial charge in [-0.05, 0) is 17.7 Å². The maximum atomic E-state index is 11.2. The Morgan fingerprint density at radius 2 is 2.00 bits per heavy atom. The zero-order valence-corrected chi connectivity index (χ0v) is 7.82. The van der Waals surface area contributed by atoms with Crippen LogP contribution in [-0.2, 0) is 11.2 Å². The van der Waals surface area contributed by atoms with Crippen LogP contribution in [-0.4, -0.2) is 18.5 Å². The molecule has 1 aromatic carbocycles. The summed E-state index contributed by atoms with van der Waals surface area (Å²) in [5.41, 5.74) is 7.27. The van der Waals surface area contributed by atoms with Gasteiger partial charge in [0, 0.05) is 5.56 Å². The number of nitrogens with two attached hydrogens (primary N) is 1. The van der Waals surface area contributed by atoms with Gasteiger partial charge in [-0.15, -0.1) is 0 Å². The fraction of sp³-hybridized carbons (Fsp3) is 0.200. The lowest BCUT2D eigenvalue weighted by Gasteiger charge is -2.13. The number of ether oxygens (including phenoxy) is 2. The number of aliphatic imine (C=N–C) groups is 1. The summed E-state index contributed by atoms with van der Waals surface area (Å²) < 4.78 is 10.4. The van der Waals surface area contributed by atoms with E-state index < -0.39 is 0 Å². The van der Waals surface area contributed by atoms with Crippen molar-refractivity contribution in [3.63, 3.8) is 0 Å². The van der Waals surface area contributed by atoms with Crippen molar-refractivity contribution in [2.75, 3.05) is 6.79 Å². The van der Waals surface area contributed by atoms with Crippen molar-refractivity contribution in [2.24, 2.45) is 10.7 Å². The van der Waals surface area contributed by atoms with Crippen LogP contribution in [0.2, 0.25) is 0 Å². The summed E-state index contributed by atoms with van der Waals surface area (Å²) in [6, 6.07) is 3.56. The van der Waals surface area contributed by atoms with Crippen LogP contribution in [0, 0.1) is 0 Å². The number of hydrogen-bond donors (Lipinski definition) is 1. The summed E-state index contributed by atoms with van der Waals surface area (Å²) in [7, 11) is 0. The molecule has 0 saturated carbocycles. The lowest BCUT2D eigenvalue weighted by atomic mass is 10.00. The molecule has 5 nitrogen and oxygen atoms in total. The second kappa shape index (κ2) is 2.73. The molecule has 0 fully saturated rings. The largest absolute Gasteiger partial charge is 0.454 e. The van der Waals surface area contributed by atoms with Crippen molar-refractivity contribution in [3.05, 3.63) is 23.3 Å². The number of hydrogen-bond acceptors (Lipinski definition) is 4. The molecule has 0 aliphatic carbocycles. The molecule has 0 unspecified atom stereocenters. The van der Waals surface area contributed by atoms with Crippen molar-refractivity contribution in [1.82, 2.24) is 0 Å². The Balaban J connectivity index is 2.20. The first-order valence-electron chi connectivity index (χ1n) is 4.54. The molecule has 2 heterocycles. The molecule has 0 aromatic heterocycles. The molecule has 0 bridgehead atoms. The Morgan fingerprint density at radius 3 is 2.80 bits per heavy atom. The average molecular weight is 204 g/mol. The van der Waals surface area contributed by atoms with Crippen LogP contribution in [0.3, 0.4) is 0 Å². The molecule has 0 atom stereocenters. The molecular formula is C10H8N2O3. The van der Waals surface area contributed by atoms with Crippen molar-refractivity contribution in [3.8, 4) is 11.5 Å². The molecule has 2 aliphatic rings. The fourth-order valence-corrected chi connectivity index (χ4v) is 1.77.